The first kappa shape index (κ1) is 14.4. The quantitative estimate of drug-likeness (QED) is 0.357. The third-order valence-corrected chi connectivity index (χ3v) is 3.53. The van der Waals surface area contributed by atoms with Gasteiger partial charge in [0.15, 0.2) is 0 Å². The smallest absolute Gasteiger partial charge is 0.323 e. The normalized spacial score (nSPS) is 21.6. The predicted molar refractivity (Wildman–Crippen MR) is 74.4 cm³/mol. The summed E-state index contributed by atoms with van der Waals surface area (Å²) < 4.78 is 5.19. The van der Waals surface area contributed by atoms with E-state index in [0.717, 1.165) is 12.0 Å². The number of azide groups is 1. The number of esters is 1. The van der Waals surface area contributed by atoms with Gasteiger partial charge in [0.1, 0.15) is 12.6 Å². The molecule has 1 aromatic carbocycles. The lowest BCUT2D eigenvalue weighted by Gasteiger charge is -2.11. The topological polar surface area (TPSA) is 101 Å². The Hall–Kier alpha value is -2.04. The molecule has 2 unspecified atom stereocenters. The molecule has 1 aliphatic carbocycles. The fourth-order valence-electron chi connectivity index (χ4n) is 2.22. The van der Waals surface area contributed by atoms with Gasteiger partial charge < -0.3 is 10.5 Å². The Morgan fingerprint density at radius 2 is 2.20 bits per heavy atom. The average molecular weight is 274 g/mol. The zero-order valence-corrected chi connectivity index (χ0v) is 11.2. The summed E-state index contributed by atoms with van der Waals surface area (Å²) in [7, 11) is 0. The summed E-state index contributed by atoms with van der Waals surface area (Å²) in [6.07, 6.45) is 1.57. The summed E-state index contributed by atoms with van der Waals surface area (Å²) in [5.41, 5.74) is 15.0. The molecule has 0 heterocycles. The van der Waals surface area contributed by atoms with Crippen LogP contribution >= 0.6 is 0 Å². The van der Waals surface area contributed by atoms with Crippen molar-refractivity contribution < 1.29 is 9.53 Å². The SMILES string of the molecule is [N-]=[N+]=NCC1CC1C[C@H](N)C(=O)OCc1ccccc1. The van der Waals surface area contributed by atoms with Gasteiger partial charge in [0, 0.05) is 11.5 Å². The number of rotatable bonds is 7. The van der Waals surface area contributed by atoms with Crippen LogP contribution in [0.15, 0.2) is 35.4 Å². The molecule has 3 atom stereocenters. The van der Waals surface area contributed by atoms with Gasteiger partial charge in [-0.1, -0.05) is 35.4 Å². The Balaban J connectivity index is 1.69. The van der Waals surface area contributed by atoms with Gasteiger partial charge in [0.25, 0.3) is 0 Å². The van der Waals surface area contributed by atoms with Crippen LogP contribution in [0.5, 0.6) is 0 Å². The van der Waals surface area contributed by atoms with E-state index in [1.807, 2.05) is 30.3 Å². The van der Waals surface area contributed by atoms with Crippen molar-refractivity contribution in [3.8, 4) is 0 Å². The molecule has 1 aliphatic rings. The molecule has 1 aromatic rings. The van der Waals surface area contributed by atoms with E-state index in [1.165, 1.54) is 0 Å². The molecular formula is C14H18N4O2. The number of nitrogens with two attached hydrogens (primary N) is 1. The summed E-state index contributed by atoms with van der Waals surface area (Å²) in [4.78, 5) is 14.5. The summed E-state index contributed by atoms with van der Waals surface area (Å²) in [6, 6.07) is 8.90. The van der Waals surface area contributed by atoms with Crippen LogP contribution in [-0.2, 0) is 16.1 Å². The minimum absolute atomic E-state index is 0.250. The van der Waals surface area contributed by atoms with Gasteiger partial charge in [-0.05, 0) is 35.8 Å². The molecule has 6 nitrogen and oxygen atoms in total. The zero-order chi connectivity index (χ0) is 14.4. The van der Waals surface area contributed by atoms with Crippen molar-refractivity contribution in [2.24, 2.45) is 22.7 Å². The van der Waals surface area contributed by atoms with E-state index in [-0.39, 0.29) is 12.6 Å². The Morgan fingerprint density at radius 3 is 2.90 bits per heavy atom. The first-order valence-electron chi connectivity index (χ1n) is 6.67. The first-order chi connectivity index (χ1) is 9.70. The standard InChI is InChI=1S/C14H18N4O2/c15-13(7-11-6-12(11)8-17-18-16)14(19)20-9-10-4-2-1-3-5-10/h1-5,11-13H,6-9,15H2/t11?,12?,13-/m0/s1. The van der Waals surface area contributed by atoms with Crippen LogP contribution in [0, 0.1) is 11.8 Å². The van der Waals surface area contributed by atoms with E-state index in [0.29, 0.717) is 24.8 Å². The van der Waals surface area contributed by atoms with Gasteiger partial charge in [-0.2, -0.15) is 0 Å². The molecule has 6 heteroatoms. The highest BCUT2D eigenvalue weighted by Gasteiger charge is 2.38. The largest absolute Gasteiger partial charge is 0.460 e. The fourth-order valence-corrected chi connectivity index (χ4v) is 2.22. The van der Waals surface area contributed by atoms with Crippen LogP contribution in [0.3, 0.4) is 0 Å². The van der Waals surface area contributed by atoms with E-state index in [2.05, 4.69) is 10.0 Å². The number of ether oxygens (including phenoxy) is 1. The molecule has 0 aromatic heterocycles. The van der Waals surface area contributed by atoms with Gasteiger partial charge in [0.05, 0.1) is 0 Å². The van der Waals surface area contributed by atoms with Crippen molar-refractivity contribution in [2.75, 3.05) is 6.54 Å². The number of carbonyl (C=O) groups is 1. The van der Waals surface area contributed by atoms with Crippen LogP contribution in [0.2, 0.25) is 0 Å². The van der Waals surface area contributed by atoms with Crippen molar-refractivity contribution in [3.05, 3.63) is 46.3 Å². The highest BCUT2D eigenvalue weighted by Crippen LogP contribution is 2.42. The first-order valence-corrected chi connectivity index (χ1v) is 6.67. The lowest BCUT2D eigenvalue weighted by molar-refractivity contribution is -0.146. The fraction of sp³-hybridized carbons (Fsp3) is 0.500. The van der Waals surface area contributed by atoms with E-state index in [9.17, 15) is 4.79 Å². The van der Waals surface area contributed by atoms with E-state index >= 15 is 0 Å². The number of hydrogen-bond acceptors (Lipinski definition) is 4. The molecule has 1 saturated carbocycles. The third-order valence-electron chi connectivity index (χ3n) is 3.53. The monoisotopic (exact) mass is 274 g/mol. The average Bonchev–Trinajstić information content (AvgIpc) is 3.21. The Labute approximate surface area is 117 Å². The van der Waals surface area contributed by atoms with E-state index < -0.39 is 6.04 Å². The summed E-state index contributed by atoms with van der Waals surface area (Å²) in [6.45, 7) is 0.743. The second-order valence-corrected chi connectivity index (χ2v) is 5.10. The maximum absolute atomic E-state index is 11.8. The maximum atomic E-state index is 11.8. The molecule has 0 saturated heterocycles. The Bertz CT molecular complexity index is 499. The van der Waals surface area contributed by atoms with Crippen molar-refractivity contribution >= 4 is 5.97 Å². The van der Waals surface area contributed by atoms with E-state index in [4.69, 9.17) is 16.0 Å². The molecule has 1 fully saturated rings. The van der Waals surface area contributed by atoms with Crippen molar-refractivity contribution in [1.29, 1.82) is 0 Å². The lowest BCUT2D eigenvalue weighted by Crippen LogP contribution is -2.32. The maximum Gasteiger partial charge on any atom is 0.323 e. The molecule has 0 spiro atoms. The summed E-state index contributed by atoms with van der Waals surface area (Å²) >= 11 is 0. The highest BCUT2D eigenvalue weighted by molar-refractivity contribution is 5.75. The highest BCUT2D eigenvalue weighted by atomic mass is 16.5. The van der Waals surface area contributed by atoms with Crippen LogP contribution < -0.4 is 5.73 Å². The van der Waals surface area contributed by atoms with Crippen LogP contribution in [-0.4, -0.2) is 18.6 Å². The third kappa shape index (κ3) is 4.26. The van der Waals surface area contributed by atoms with Gasteiger partial charge >= 0.3 is 5.97 Å². The molecular weight excluding hydrogens is 256 g/mol. The number of carbonyl (C=O) groups excluding carboxylic acids is 1. The van der Waals surface area contributed by atoms with Gasteiger partial charge in [-0.25, -0.2) is 0 Å². The van der Waals surface area contributed by atoms with Crippen LogP contribution in [0.25, 0.3) is 10.4 Å². The molecule has 0 bridgehead atoms. The second-order valence-electron chi connectivity index (χ2n) is 5.10. The van der Waals surface area contributed by atoms with Gasteiger partial charge in [-0.15, -0.1) is 0 Å². The molecule has 0 aliphatic heterocycles. The summed E-state index contributed by atoms with van der Waals surface area (Å²) in [5, 5.41) is 3.54. The molecule has 2 N–H and O–H groups in total. The van der Waals surface area contributed by atoms with Crippen LogP contribution in [0.4, 0.5) is 0 Å². The van der Waals surface area contributed by atoms with Crippen molar-refractivity contribution in [3.63, 3.8) is 0 Å². The molecule has 106 valence electrons. The number of benzene rings is 1. The molecule has 2 rings (SSSR count). The van der Waals surface area contributed by atoms with Crippen LogP contribution in [0.1, 0.15) is 18.4 Å². The number of nitrogens with zero attached hydrogens (tertiary/aromatic N) is 3. The zero-order valence-electron chi connectivity index (χ0n) is 11.2. The van der Waals surface area contributed by atoms with E-state index in [1.54, 1.807) is 0 Å². The van der Waals surface area contributed by atoms with Crippen molar-refractivity contribution in [1.82, 2.24) is 0 Å². The van der Waals surface area contributed by atoms with Gasteiger partial charge in [-0.3, -0.25) is 4.79 Å². The minimum Gasteiger partial charge on any atom is -0.460 e. The molecule has 0 amide bonds. The lowest BCUT2D eigenvalue weighted by atomic mass is 10.1. The predicted octanol–water partition coefficient (Wildman–Crippen LogP) is 2.39. The molecule has 20 heavy (non-hydrogen) atoms. The molecule has 0 radical (unpaired) electrons. The van der Waals surface area contributed by atoms with Crippen molar-refractivity contribution in [2.45, 2.75) is 25.5 Å². The van der Waals surface area contributed by atoms with Gasteiger partial charge in [0.2, 0.25) is 0 Å². The summed E-state index contributed by atoms with van der Waals surface area (Å²) in [5.74, 6) is 0.377. The second kappa shape index (κ2) is 6.93. The minimum atomic E-state index is -0.597. The Morgan fingerprint density at radius 1 is 1.45 bits per heavy atom. The Kier molecular flexibility index (Phi) is 4.98. The number of hydrogen-bond donors (Lipinski definition) is 1.